The highest BCUT2D eigenvalue weighted by Gasteiger charge is 2.33. The van der Waals surface area contributed by atoms with Crippen molar-refractivity contribution in [1.29, 1.82) is 0 Å². The highest BCUT2D eigenvalue weighted by atomic mass is 35.9. The minimum absolute atomic E-state index is 1.47. The van der Waals surface area contributed by atoms with Gasteiger partial charge in [-0.15, -0.1) is 0 Å². The number of nitrogens with zero attached hydrogens (tertiary/aromatic N) is 1. The van der Waals surface area contributed by atoms with Crippen molar-refractivity contribution in [3.05, 3.63) is 0 Å². The standard InChI is InChI=1S/Cl4NOP3/c1-7(2)5-8(3)9(4)6/q+2. The number of hydrogen-bond donors (Lipinski definition) is 0. The fraction of sp³-hybridized carbons (Fsp3) is 0. The van der Waals surface area contributed by atoms with Crippen LogP contribution in [0.15, 0.2) is 4.52 Å². The summed E-state index contributed by atoms with van der Waals surface area (Å²) in [4.78, 5) is 0. The second-order valence-corrected chi connectivity index (χ2v) is 10.8. The first-order valence-electron chi connectivity index (χ1n) is 1.46. The Labute approximate surface area is 74.3 Å². The van der Waals surface area contributed by atoms with Gasteiger partial charge < -0.3 is 0 Å². The molecule has 0 heterocycles. The molecule has 2 nitrogen and oxygen atoms in total. The average molecular weight is 265 g/mol. The molecule has 0 rings (SSSR count). The quantitative estimate of drug-likeness (QED) is 0.614. The van der Waals surface area contributed by atoms with Crippen LogP contribution in [0.5, 0.6) is 0 Å². The molecule has 0 amide bonds. The predicted octanol–water partition coefficient (Wildman–Crippen LogP) is 5.41. The molecule has 9 heteroatoms. The van der Waals surface area contributed by atoms with Gasteiger partial charge in [0.25, 0.3) is 0 Å². The summed E-state index contributed by atoms with van der Waals surface area (Å²) in [5, 5.41) is 0. The lowest BCUT2D eigenvalue weighted by atomic mass is 13.9. The van der Waals surface area contributed by atoms with Crippen LogP contribution < -0.4 is 0 Å². The van der Waals surface area contributed by atoms with Crippen LogP contribution in [0.4, 0.5) is 0 Å². The van der Waals surface area contributed by atoms with Crippen molar-refractivity contribution in [2.24, 2.45) is 4.52 Å². The van der Waals surface area contributed by atoms with Gasteiger partial charge in [0.05, 0.1) is 0 Å². The number of halogens is 4. The van der Waals surface area contributed by atoms with E-state index >= 15 is 0 Å². The molecule has 0 aromatic rings. The van der Waals surface area contributed by atoms with Gasteiger partial charge in [0.1, 0.15) is 0 Å². The summed E-state index contributed by atoms with van der Waals surface area (Å²) < 4.78 is 13.8. The van der Waals surface area contributed by atoms with Crippen molar-refractivity contribution < 1.29 is 4.57 Å². The van der Waals surface area contributed by atoms with Crippen molar-refractivity contribution in [2.45, 2.75) is 0 Å². The maximum atomic E-state index is 10.3. The van der Waals surface area contributed by atoms with E-state index in [9.17, 15) is 4.57 Å². The molecule has 0 N–H and O–H groups in total. The normalized spacial score (nSPS) is 14.4. The molecule has 0 aromatic carbocycles. The lowest BCUT2D eigenvalue weighted by Crippen LogP contribution is -1.33. The predicted molar refractivity (Wildman–Crippen MR) is 47.3 cm³/mol. The molecule has 0 aliphatic heterocycles. The molecule has 0 fully saturated rings. The Balaban J connectivity index is 3.91. The topological polar surface area (TPSA) is 29.4 Å². The van der Waals surface area contributed by atoms with E-state index in [1.54, 1.807) is 0 Å². The molecule has 0 bridgehead atoms. The van der Waals surface area contributed by atoms with Crippen molar-refractivity contribution in [2.75, 3.05) is 0 Å². The first-order valence-corrected chi connectivity index (χ1v) is 9.63. The monoisotopic (exact) mass is 263 g/mol. The Bertz CT molecular complexity index is 141. The largest absolute Gasteiger partial charge is 0.516 e. The zero-order valence-electron chi connectivity index (χ0n) is 3.71. The van der Waals surface area contributed by atoms with Crippen LogP contribution >= 0.6 is 65.3 Å². The first-order chi connectivity index (χ1) is 4.04. The van der Waals surface area contributed by atoms with E-state index in [2.05, 4.69) is 4.52 Å². The minimum atomic E-state index is -1.96. The Morgan fingerprint density at radius 2 is 1.78 bits per heavy atom. The summed E-state index contributed by atoms with van der Waals surface area (Å²) in [5.41, 5.74) is 0. The molecule has 52 valence electrons. The Morgan fingerprint density at radius 3 is 1.89 bits per heavy atom. The molecule has 0 spiro atoms. The number of hydrogen-bond acceptors (Lipinski definition) is 2. The Hall–Kier alpha value is 1.79. The molecule has 9 heavy (non-hydrogen) atoms. The Morgan fingerprint density at radius 1 is 1.33 bits per heavy atom. The molecule has 0 aliphatic rings. The Kier molecular flexibility index (Phi) is 6.52. The molecule has 0 aromatic heterocycles. The fourth-order valence-electron chi connectivity index (χ4n) is 0.0872. The molecular weight excluding hydrogens is 265 g/mol. The minimum Gasteiger partial charge on any atom is -0.0455 e. The molecule has 2 unspecified atom stereocenters. The molecular formula is Cl4NOP3+2. The van der Waals surface area contributed by atoms with E-state index in [0.717, 1.165) is 0 Å². The van der Waals surface area contributed by atoms with Crippen molar-refractivity contribution in [3.8, 4) is 0 Å². The van der Waals surface area contributed by atoms with Gasteiger partial charge in [-0.25, -0.2) is 0 Å². The summed E-state index contributed by atoms with van der Waals surface area (Å²) in [6.07, 6.45) is -1.47. The molecule has 0 saturated heterocycles. The molecule has 2 atom stereocenters. The molecule has 0 aliphatic carbocycles. The van der Waals surface area contributed by atoms with Crippen LogP contribution in [-0.2, 0) is 4.57 Å². The highest BCUT2D eigenvalue weighted by Crippen LogP contribution is 2.72. The van der Waals surface area contributed by atoms with Gasteiger partial charge in [-0.05, 0) is 15.8 Å². The van der Waals surface area contributed by atoms with E-state index in [0.29, 0.717) is 0 Å². The summed E-state index contributed by atoms with van der Waals surface area (Å²) in [7, 11) is -1.54. The smallest absolute Gasteiger partial charge is 0.0455 e. The van der Waals surface area contributed by atoms with Gasteiger partial charge in [0.15, 0.2) is 0 Å². The molecule has 0 radical (unpaired) electrons. The van der Waals surface area contributed by atoms with E-state index in [1.807, 2.05) is 0 Å². The van der Waals surface area contributed by atoms with Crippen LogP contribution in [0.1, 0.15) is 0 Å². The van der Waals surface area contributed by atoms with Crippen LogP contribution in [0.2, 0.25) is 0 Å². The zero-order valence-corrected chi connectivity index (χ0v) is 9.42. The first kappa shape index (κ1) is 10.8. The second-order valence-electron chi connectivity index (χ2n) is 0.771. The summed E-state index contributed by atoms with van der Waals surface area (Å²) in [5.74, 6) is 0. The molecule has 0 saturated carbocycles. The highest BCUT2D eigenvalue weighted by molar-refractivity contribution is 8.44. The van der Waals surface area contributed by atoms with Gasteiger partial charge in [0.2, 0.25) is 33.7 Å². The lowest BCUT2D eigenvalue weighted by Gasteiger charge is -1.68. The third kappa shape index (κ3) is 6.20. The van der Waals surface area contributed by atoms with Crippen LogP contribution in [-0.4, -0.2) is 0 Å². The van der Waals surface area contributed by atoms with E-state index in [1.165, 1.54) is 0 Å². The van der Waals surface area contributed by atoms with Crippen LogP contribution in [0.3, 0.4) is 0 Å². The van der Waals surface area contributed by atoms with E-state index in [-0.39, 0.29) is 0 Å². The van der Waals surface area contributed by atoms with Crippen molar-refractivity contribution in [1.82, 2.24) is 0 Å². The van der Waals surface area contributed by atoms with Crippen LogP contribution in [0, 0.1) is 0 Å². The van der Waals surface area contributed by atoms with Gasteiger partial charge in [-0.1, -0.05) is 0 Å². The van der Waals surface area contributed by atoms with Gasteiger partial charge >= 0.3 is 20.4 Å². The van der Waals surface area contributed by atoms with Crippen molar-refractivity contribution in [3.63, 3.8) is 0 Å². The fourth-order valence-corrected chi connectivity index (χ4v) is 6.18. The second kappa shape index (κ2) is 5.44. The van der Waals surface area contributed by atoms with Crippen molar-refractivity contribution >= 4 is 65.3 Å². The van der Waals surface area contributed by atoms with E-state index in [4.69, 9.17) is 45.0 Å². The van der Waals surface area contributed by atoms with Gasteiger partial charge in [-0.2, -0.15) is 0 Å². The maximum Gasteiger partial charge on any atom is 0.516 e. The van der Waals surface area contributed by atoms with E-state index < -0.39 is 20.4 Å². The summed E-state index contributed by atoms with van der Waals surface area (Å²) in [6.45, 7) is -1.96. The van der Waals surface area contributed by atoms with Crippen LogP contribution in [0.25, 0.3) is 0 Å². The van der Waals surface area contributed by atoms with Gasteiger partial charge in [-0.3, -0.25) is 0 Å². The third-order valence-corrected chi connectivity index (χ3v) is 8.21. The summed E-state index contributed by atoms with van der Waals surface area (Å²) in [6, 6.07) is 0. The summed E-state index contributed by atoms with van der Waals surface area (Å²) >= 11 is 20.9. The maximum absolute atomic E-state index is 10.3. The zero-order chi connectivity index (χ0) is 7.44. The van der Waals surface area contributed by atoms with Gasteiger partial charge in [0, 0.05) is 4.52 Å². The lowest BCUT2D eigenvalue weighted by molar-refractivity contribution is 0.602. The third-order valence-electron chi connectivity index (χ3n) is 0.271. The SMILES string of the molecule is O=[P+](Cl)P(Cl)N=[P+](Cl)Cl. The average Bonchev–Trinajstić information content (AvgIpc) is 1.63. The number of rotatable bonds is 2.